The number of benzene rings is 8. The number of likely N-dealkylation sites (tertiary alicyclic amines) is 2. The summed E-state index contributed by atoms with van der Waals surface area (Å²) in [6.07, 6.45) is -13.5. The average molecular weight is 2050 g/mol. The Morgan fingerprint density at radius 3 is 1.02 bits per heavy atom. The lowest BCUT2D eigenvalue weighted by atomic mass is 10.0. The number of hydrogen-bond acceptors (Lipinski definition) is 22. The van der Waals surface area contributed by atoms with E-state index in [1.165, 1.54) is 25.7 Å². The zero-order chi connectivity index (χ0) is 93.2. The first-order valence-electron chi connectivity index (χ1n) is 41.4. The van der Waals surface area contributed by atoms with E-state index in [2.05, 4.69) is 89.9 Å². The number of piperazine rings is 2. The number of sulfone groups is 1. The number of halogens is 6. The molecule has 128 heavy (non-hydrogen) atoms. The Balaban J connectivity index is 0.000000193. The molecule has 4 aliphatic heterocycles. The Bertz CT molecular complexity index is 5110. The fourth-order valence-corrected chi connectivity index (χ4v) is 17.2. The summed E-state index contributed by atoms with van der Waals surface area (Å²) < 4.78 is 67.4. The first-order valence-corrected chi connectivity index (χ1v) is 46.1. The van der Waals surface area contributed by atoms with Crippen LogP contribution in [0, 0.1) is 11.6 Å². The van der Waals surface area contributed by atoms with E-state index in [1.54, 1.807) is 94.3 Å². The molecule has 4 saturated heterocycles. The summed E-state index contributed by atoms with van der Waals surface area (Å²) in [5.41, 5.74) is 4.46. The van der Waals surface area contributed by atoms with Crippen LogP contribution in [0.1, 0.15) is 99.8 Å². The van der Waals surface area contributed by atoms with Crippen LogP contribution in [0.4, 0.5) is 20.2 Å². The third-order valence-electron chi connectivity index (χ3n) is 22.1. The lowest BCUT2D eigenvalue weighted by Gasteiger charge is -2.37. The molecular weight excluding hydrogens is 1940 g/mol. The van der Waals surface area contributed by atoms with Crippen molar-refractivity contribution >= 4 is 132 Å². The standard InChI is InChI=1S/C23H28BrN3O5.C23H27BrN2O6S.C23H27BrN2O5.C22H24BrF2N3O4/c1-15(16-6-8-17(24)9-7-16)25-22(30)20(28)21(29)23(31)27-12-10-26(11-13-27)18-4-3-5-19(14-18)32-2;1-15(16-7-9-17(24)10-8-16)25-22(29)20(27)21(28)23(30)26-13-11-19(12-14-26)33(31,32)18-5-3-2-4-6-18;1-15(16-7-9-17(24)10-8-16)25-22(29)20(27)21(28)23(30)26-13-11-19(12-14-26)31-18-5-3-2-4-6-18;1-13(14-2-4-15(23)5-3-14)26-21(31)19(29)20(30)22(32)28-10-8-27(9-11-28)18-7-6-16(24)12-17(18)25/h3-9,14-15,20-21,28-29H,10-13H2,1-2H3,(H,25,30);2-10,15,19-21,27-28H,11-14H2,1H3,(H,25,29);2-10,15,19-21,27-28H,11-14H2,1H3,(H,25,29);2-7,12-13,19-20,29-30H,8-11H2,1H3,(H,26,31)/t15-,20+,21+;15-,20-,21-;15-,20+,21+;13-,19-,20-/m0000/s1. The van der Waals surface area contributed by atoms with Crippen LogP contribution in [0.25, 0.3) is 0 Å². The lowest BCUT2D eigenvalue weighted by molar-refractivity contribution is -0.154. The summed E-state index contributed by atoms with van der Waals surface area (Å²) in [6, 6.07) is 56.1. The zero-order valence-corrected chi connectivity index (χ0v) is 77.9. The molecule has 12 N–H and O–H groups in total. The molecule has 4 fully saturated rings. The SMILES string of the molecule is COc1cccc(N2CCN(C(=O)[C@H](O)[C@@H](O)C(=O)N[C@@H](C)c3ccc(Br)cc3)CC2)c1.C[C@H](NC(=O)[C@@H](O)[C@H](O)C(=O)N1CCC(S(=O)(=O)c2ccccc2)CC1)c1ccc(Br)cc1.C[C@H](NC(=O)[C@@H](O)[C@H](O)C(=O)N1CCN(c2ccc(F)cc2F)CC1)c1ccc(Br)cc1.C[C@H](NC(=O)[C@H](O)[C@@H](O)C(=O)N1CCC(Oc2ccccc2)CC1)c1ccc(Br)cc1. The Morgan fingerprint density at radius 1 is 0.367 bits per heavy atom. The van der Waals surface area contributed by atoms with Crippen molar-refractivity contribution < 1.29 is 106 Å². The van der Waals surface area contributed by atoms with Gasteiger partial charge in [0, 0.05) is 127 Å². The average Bonchev–Trinajstić information content (AvgIpc) is 0.796. The summed E-state index contributed by atoms with van der Waals surface area (Å²) in [7, 11) is -1.91. The summed E-state index contributed by atoms with van der Waals surface area (Å²) in [5, 5.41) is 92.0. The van der Waals surface area contributed by atoms with Crippen LogP contribution in [0.15, 0.2) is 223 Å². The van der Waals surface area contributed by atoms with Crippen LogP contribution >= 0.6 is 63.7 Å². The van der Waals surface area contributed by atoms with E-state index in [9.17, 15) is 96.4 Å². The molecule has 4 heterocycles. The van der Waals surface area contributed by atoms with Crippen molar-refractivity contribution in [2.45, 2.75) is 143 Å². The monoisotopic (exact) mass is 2040 g/mol. The maximum atomic E-state index is 14.0. The van der Waals surface area contributed by atoms with Gasteiger partial charge in [-0.1, -0.05) is 155 Å². The fourth-order valence-electron chi connectivity index (χ4n) is 14.4. The molecule has 0 spiro atoms. The molecule has 8 aromatic carbocycles. The number of methoxy groups -OCH3 is 1. The minimum Gasteiger partial charge on any atom is -0.497 e. The highest BCUT2D eigenvalue weighted by atomic mass is 79.9. The number of nitrogens with zero attached hydrogens (tertiary/aromatic N) is 6. The zero-order valence-electron chi connectivity index (χ0n) is 70.8. The van der Waals surface area contributed by atoms with Crippen molar-refractivity contribution in [3.63, 3.8) is 0 Å². The van der Waals surface area contributed by atoms with E-state index < -0.39 is 135 Å². The van der Waals surface area contributed by atoms with Crippen molar-refractivity contribution in [1.29, 1.82) is 0 Å². The number of para-hydroxylation sites is 1. The van der Waals surface area contributed by atoms with E-state index in [0.29, 0.717) is 52.1 Å². The van der Waals surface area contributed by atoms with Crippen LogP contribution < -0.4 is 40.5 Å². The lowest BCUT2D eigenvalue weighted by Crippen LogP contribution is -2.56. The highest BCUT2D eigenvalue weighted by Gasteiger charge is 2.42. The van der Waals surface area contributed by atoms with Crippen molar-refractivity contribution in [1.82, 2.24) is 40.9 Å². The van der Waals surface area contributed by atoms with Gasteiger partial charge in [0.1, 0.15) is 29.2 Å². The van der Waals surface area contributed by atoms with Gasteiger partial charge in [-0.25, -0.2) is 17.2 Å². The predicted molar refractivity (Wildman–Crippen MR) is 488 cm³/mol. The van der Waals surface area contributed by atoms with Gasteiger partial charge in [0.2, 0.25) is 0 Å². The van der Waals surface area contributed by atoms with Gasteiger partial charge in [-0.3, -0.25) is 38.4 Å². The molecule has 8 aromatic rings. The Labute approximate surface area is 775 Å². The van der Waals surface area contributed by atoms with Crippen molar-refractivity contribution in [3.05, 3.63) is 252 Å². The molecule has 12 rings (SSSR count). The molecule has 0 aromatic heterocycles. The summed E-state index contributed by atoms with van der Waals surface area (Å²) >= 11 is 13.4. The second kappa shape index (κ2) is 48.7. The quantitative estimate of drug-likeness (QED) is 0.0232. The third kappa shape index (κ3) is 28.8. The number of hydrogen-bond donors (Lipinski definition) is 12. The molecule has 0 radical (unpaired) electrons. The van der Waals surface area contributed by atoms with Crippen LogP contribution in [0.3, 0.4) is 0 Å². The maximum Gasteiger partial charge on any atom is 0.254 e. The van der Waals surface area contributed by atoms with Crippen molar-refractivity contribution in [3.8, 4) is 11.5 Å². The van der Waals surface area contributed by atoms with Gasteiger partial charge in [0.15, 0.2) is 58.7 Å². The van der Waals surface area contributed by atoms with Crippen molar-refractivity contribution in [2.24, 2.45) is 0 Å². The number of anilines is 2. The second-order valence-electron chi connectivity index (χ2n) is 30.9. The Hall–Kier alpha value is -9.87. The molecule has 0 saturated carbocycles. The molecule has 8 amide bonds. The van der Waals surface area contributed by atoms with Crippen LogP contribution in [0.2, 0.25) is 0 Å². The molecule has 0 aliphatic carbocycles. The number of carbonyl (C=O) groups is 8. The highest BCUT2D eigenvalue weighted by molar-refractivity contribution is 9.11. The maximum absolute atomic E-state index is 14.0. The number of rotatable bonds is 27. The minimum atomic E-state index is -3.52. The smallest absolute Gasteiger partial charge is 0.254 e. The number of amides is 8. The highest BCUT2D eigenvalue weighted by Crippen LogP contribution is 2.30. The van der Waals surface area contributed by atoms with Gasteiger partial charge in [-0.15, -0.1) is 0 Å². The number of aliphatic hydroxyl groups is 8. The Kier molecular flexibility index (Phi) is 38.7. The molecule has 0 bridgehead atoms. The molecule has 688 valence electrons. The van der Waals surface area contributed by atoms with Crippen LogP contribution in [-0.4, -0.2) is 262 Å². The fraction of sp³-hybridized carbons (Fsp3) is 0.385. The van der Waals surface area contributed by atoms with Gasteiger partial charge in [0.05, 0.1) is 47.1 Å². The normalized spacial score (nSPS) is 17.2. The molecule has 0 unspecified atom stereocenters. The van der Waals surface area contributed by atoms with Gasteiger partial charge in [0.25, 0.3) is 47.3 Å². The van der Waals surface area contributed by atoms with E-state index in [4.69, 9.17) is 9.47 Å². The van der Waals surface area contributed by atoms with Crippen molar-refractivity contribution in [2.75, 3.05) is 95.4 Å². The molecule has 30 nitrogen and oxygen atoms in total. The van der Waals surface area contributed by atoms with E-state index >= 15 is 0 Å². The van der Waals surface area contributed by atoms with E-state index in [1.807, 2.05) is 127 Å². The topological polar surface area (TPSA) is 419 Å². The molecule has 4 aliphatic rings. The largest absolute Gasteiger partial charge is 0.497 e. The summed E-state index contributed by atoms with van der Waals surface area (Å²) in [5.74, 6) is -6.07. The van der Waals surface area contributed by atoms with E-state index in [0.717, 1.165) is 69.5 Å². The Morgan fingerprint density at radius 2 is 0.680 bits per heavy atom. The van der Waals surface area contributed by atoms with Gasteiger partial charge < -0.3 is 101 Å². The number of nitrogens with one attached hydrogen (secondary N) is 4. The number of ether oxygens (including phenoxy) is 2. The summed E-state index contributed by atoms with van der Waals surface area (Å²) in [4.78, 5) is 110. The number of aliphatic hydroxyl groups excluding tert-OH is 8. The minimum absolute atomic E-state index is 0.0245. The first-order chi connectivity index (χ1) is 60.9. The molecular formula is C91H106Br4F2N10O20S. The van der Waals surface area contributed by atoms with Gasteiger partial charge >= 0.3 is 0 Å². The van der Waals surface area contributed by atoms with Gasteiger partial charge in [-0.05, 0) is 160 Å². The van der Waals surface area contributed by atoms with Crippen LogP contribution in [0.5, 0.6) is 11.5 Å². The first kappa shape index (κ1) is 102. The van der Waals surface area contributed by atoms with Gasteiger partial charge in [-0.2, -0.15) is 0 Å². The van der Waals surface area contributed by atoms with E-state index in [-0.39, 0.29) is 80.9 Å². The predicted octanol–water partition coefficient (Wildman–Crippen LogP) is 7.91. The number of piperidine rings is 2. The molecule has 37 heteroatoms. The summed E-state index contributed by atoms with van der Waals surface area (Å²) in [6.45, 7) is 10.6. The third-order valence-corrected chi connectivity index (χ3v) is 26.5. The molecule has 12 atom stereocenters. The number of carbonyl (C=O) groups excluding carboxylic acids is 8. The second-order valence-corrected chi connectivity index (χ2v) is 36.8. The van der Waals surface area contributed by atoms with Crippen LogP contribution in [-0.2, 0) is 48.2 Å².